The summed E-state index contributed by atoms with van der Waals surface area (Å²) in [5.74, 6) is 0.461. The van der Waals surface area contributed by atoms with E-state index in [-0.39, 0.29) is 18.0 Å². The second-order valence-electron chi connectivity index (χ2n) is 5.36. The zero-order valence-corrected chi connectivity index (χ0v) is 13.1. The molecule has 7 heteroatoms. The summed E-state index contributed by atoms with van der Waals surface area (Å²) < 4.78 is 37.8. The standard InChI is InChI=1S/C14H21NO5S/c1-14(6-3-7-20-14)10-15-21(17,18)12-4-5-13(19-2)11(8-12)9-16/h4-5,8,15-16H,3,6-7,9-10H2,1-2H3. The molecule has 2 N–H and O–H groups in total. The van der Waals surface area contributed by atoms with E-state index in [1.165, 1.54) is 25.3 Å². The van der Waals surface area contributed by atoms with Gasteiger partial charge in [-0.25, -0.2) is 13.1 Å². The lowest BCUT2D eigenvalue weighted by atomic mass is 10.0. The molecule has 118 valence electrons. The van der Waals surface area contributed by atoms with E-state index >= 15 is 0 Å². The van der Waals surface area contributed by atoms with Crippen LogP contribution >= 0.6 is 0 Å². The monoisotopic (exact) mass is 315 g/mol. The smallest absolute Gasteiger partial charge is 0.240 e. The molecule has 1 atom stereocenters. The second-order valence-corrected chi connectivity index (χ2v) is 7.13. The van der Waals surface area contributed by atoms with E-state index in [2.05, 4.69) is 4.72 Å². The van der Waals surface area contributed by atoms with Crippen LogP contribution < -0.4 is 9.46 Å². The molecule has 0 spiro atoms. The lowest BCUT2D eigenvalue weighted by molar-refractivity contribution is 0.0250. The minimum Gasteiger partial charge on any atom is -0.496 e. The van der Waals surface area contributed by atoms with Crippen LogP contribution in [0.4, 0.5) is 0 Å². The zero-order chi connectivity index (χ0) is 15.5. The van der Waals surface area contributed by atoms with Gasteiger partial charge in [-0.2, -0.15) is 0 Å². The summed E-state index contributed by atoms with van der Waals surface area (Å²) in [6, 6.07) is 4.41. The minimum absolute atomic E-state index is 0.106. The Bertz CT molecular complexity index is 593. The van der Waals surface area contributed by atoms with Crippen molar-refractivity contribution < 1.29 is 23.0 Å². The van der Waals surface area contributed by atoms with E-state index in [1.54, 1.807) is 0 Å². The highest BCUT2D eigenvalue weighted by molar-refractivity contribution is 7.89. The molecule has 1 aliphatic heterocycles. The molecule has 1 saturated heterocycles. The summed E-state index contributed by atoms with van der Waals surface area (Å²) >= 11 is 0. The molecule has 1 aromatic carbocycles. The highest BCUT2D eigenvalue weighted by atomic mass is 32.2. The maximum absolute atomic E-state index is 12.3. The van der Waals surface area contributed by atoms with Crippen molar-refractivity contribution in [1.82, 2.24) is 4.72 Å². The molecule has 1 heterocycles. The first kappa shape index (κ1) is 16.2. The van der Waals surface area contributed by atoms with Crippen molar-refractivity contribution in [2.24, 2.45) is 0 Å². The third-order valence-electron chi connectivity index (χ3n) is 3.67. The predicted molar refractivity (Wildman–Crippen MR) is 77.7 cm³/mol. The molecule has 0 aliphatic carbocycles. The molecule has 1 unspecified atom stereocenters. The van der Waals surface area contributed by atoms with Gasteiger partial charge in [0.15, 0.2) is 0 Å². The van der Waals surface area contributed by atoms with Gasteiger partial charge in [-0.15, -0.1) is 0 Å². The van der Waals surface area contributed by atoms with E-state index in [0.29, 0.717) is 17.9 Å². The van der Waals surface area contributed by atoms with Crippen LogP contribution in [0.3, 0.4) is 0 Å². The van der Waals surface area contributed by atoms with Crippen LogP contribution in [0.2, 0.25) is 0 Å². The molecule has 0 amide bonds. The van der Waals surface area contributed by atoms with Gasteiger partial charge in [0.25, 0.3) is 0 Å². The van der Waals surface area contributed by atoms with Crippen molar-refractivity contribution in [2.75, 3.05) is 20.3 Å². The summed E-state index contributed by atoms with van der Waals surface area (Å²) in [6.07, 6.45) is 1.77. The van der Waals surface area contributed by atoms with E-state index in [1.807, 2.05) is 6.92 Å². The summed E-state index contributed by atoms with van der Waals surface area (Å²) in [6.45, 7) is 2.51. The van der Waals surface area contributed by atoms with Crippen molar-refractivity contribution in [3.63, 3.8) is 0 Å². The Hall–Kier alpha value is -1.15. The Morgan fingerprint density at radius 3 is 2.81 bits per heavy atom. The van der Waals surface area contributed by atoms with Crippen molar-refractivity contribution in [1.29, 1.82) is 0 Å². The fourth-order valence-corrected chi connectivity index (χ4v) is 3.56. The number of methoxy groups -OCH3 is 1. The number of rotatable bonds is 6. The normalized spacial score (nSPS) is 22.4. The van der Waals surface area contributed by atoms with Gasteiger partial charge < -0.3 is 14.6 Å². The van der Waals surface area contributed by atoms with Gasteiger partial charge >= 0.3 is 0 Å². The highest BCUT2D eigenvalue weighted by Gasteiger charge is 2.31. The number of ether oxygens (including phenoxy) is 2. The Labute approximate surface area is 125 Å². The summed E-state index contributed by atoms with van der Waals surface area (Å²) in [4.78, 5) is 0.106. The highest BCUT2D eigenvalue weighted by Crippen LogP contribution is 2.26. The molecule has 0 aromatic heterocycles. The largest absolute Gasteiger partial charge is 0.496 e. The first-order chi connectivity index (χ1) is 9.90. The van der Waals surface area contributed by atoms with Crippen LogP contribution in [0.15, 0.2) is 23.1 Å². The average molecular weight is 315 g/mol. The first-order valence-corrected chi connectivity index (χ1v) is 8.30. The van der Waals surface area contributed by atoms with E-state index in [0.717, 1.165) is 12.8 Å². The van der Waals surface area contributed by atoms with Crippen LogP contribution in [-0.4, -0.2) is 39.4 Å². The molecule has 6 nitrogen and oxygen atoms in total. The fourth-order valence-electron chi connectivity index (χ4n) is 2.35. The SMILES string of the molecule is COc1ccc(S(=O)(=O)NCC2(C)CCCO2)cc1CO. The van der Waals surface area contributed by atoms with Gasteiger partial charge in [0, 0.05) is 18.7 Å². The molecule has 0 radical (unpaired) electrons. The van der Waals surface area contributed by atoms with Gasteiger partial charge in [0.2, 0.25) is 10.0 Å². The van der Waals surface area contributed by atoms with Crippen LogP contribution in [0, 0.1) is 0 Å². The summed E-state index contributed by atoms with van der Waals surface area (Å²) in [7, 11) is -2.17. The van der Waals surface area contributed by atoms with Gasteiger partial charge in [0.1, 0.15) is 5.75 Å². The minimum atomic E-state index is -3.64. The quantitative estimate of drug-likeness (QED) is 0.819. The Balaban J connectivity index is 2.15. The van der Waals surface area contributed by atoms with Crippen LogP contribution in [0.25, 0.3) is 0 Å². The Kier molecular flexibility index (Phi) is 4.88. The number of sulfonamides is 1. The average Bonchev–Trinajstić information content (AvgIpc) is 2.92. The first-order valence-electron chi connectivity index (χ1n) is 6.82. The van der Waals surface area contributed by atoms with E-state index in [4.69, 9.17) is 9.47 Å². The Morgan fingerprint density at radius 2 is 2.24 bits per heavy atom. The third kappa shape index (κ3) is 3.74. The van der Waals surface area contributed by atoms with Crippen molar-refractivity contribution in [3.8, 4) is 5.75 Å². The molecule has 1 aromatic rings. The van der Waals surface area contributed by atoms with Gasteiger partial charge in [-0.3, -0.25) is 0 Å². The molecule has 2 rings (SSSR count). The number of aliphatic hydroxyl groups is 1. The number of nitrogens with one attached hydrogen (secondary N) is 1. The Morgan fingerprint density at radius 1 is 1.48 bits per heavy atom. The van der Waals surface area contributed by atoms with Gasteiger partial charge in [-0.05, 0) is 38.0 Å². The fraction of sp³-hybridized carbons (Fsp3) is 0.571. The topological polar surface area (TPSA) is 84.9 Å². The lowest BCUT2D eigenvalue weighted by Crippen LogP contribution is -2.40. The van der Waals surface area contributed by atoms with Crippen LogP contribution in [0.5, 0.6) is 5.75 Å². The third-order valence-corrected chi connectivity index (χ3v) is 5.07. The number of benzene rings is 1. The van der Waals surface area contributed by atoms with Crippen molar-refractivity contribution in [2.45, 2.75) is 36.9 Å². The number of hydrogen-bond acceptors (Lipinski definition) is 5. The van der Waals surface area contributed by atoms with Gasteiger partial charge in [0.05, 0.1) is 24.2 Å². The van der Waals surface area contributed by atoms with Gasteiger partial charge in [-0.1, -0.05) is 0 Å². The molecule has 1 aliphatic rings. The zero-order valence-electron chi connectivity index (χ0n) is 12.3. The van der Waals surface area contributed by atoms with Crippen molar-refractivity contribution >= 4 is 10.0 Å². The van der Waals surface area contributed by atoms with Crippen LogP contribution in [-0.2, 0) is 21.4 Å². The van der Waals surface area contributed by atoms with Crippen LogP contribution in [0.1, 0.15) is 25.3 Å². The maximum Gasteiger partial charge on any atom is 0.240 e. The van der Waals surface area contributed by atoms with E-state index < -0.39 is 15.6 Å². The summed E-state index contributed by atoms with van der Waals surface area (Å²) in [5, 5.41) is 9.27. The second kappa shape index (κ2) is 6.31. The number of aliphatic hydroxyl groups excluding tert-OH is 1. The molecule has 0 saturated carbocycles. The molecule has 21 heavy (non-hydrogen) atoms. The lowest BCUT2D eigenvalue weighted by Gasteiger charge is -2.23. The molecular formula is C14H21NO5S. The molecular weight excluding hydrogens is 294 g/mol. The predicted octanol–water partition coefficient (Wildman–Crippen LogP) is 1.03. The van der Waals surface area contributed by atoms with E-state index in [9.17, 15) is 13.5 Å². The molecule has 1 fully saturated rings. The maximum atomic E-state index is 12.3. The number of hydrogen-bond donors (Lipinski definition) is 2. The van der Waals surface area contributed by atoms with Crippen molar-refractivity contribution in [3.05, 3.63) is 23.8 Å². The summed E-state index contributed by atoms with van der Waals surface area (Å²) in [5.41, 5.74) is -0.0111. The molecule has 0 bridgehead atoms.